The Balaban J connectivity index is 1.59. The number of rotatable bonds is 11. The fourth-order valence-electron chi connectivity index (χ4n) is 4.88. The van der Waals surface area contributed by atoms with E-state index in [2.05, 4.69) is 4.72 Å². The quantitative estimate of drug-likeness (QED) is 0.142. The van der Waals surface area contributed by atoms with Gasteiger partial charge in [-0.05, 0) is 73.4 Å². The minimum atomic E-state index is -1.36. The lowest BCUT2D eigenvalue weighted by Crippen LogP contribution is -2.41. The van der Waals surface area contributed by atoms with Crippen molar-refractivity contribution in [3.05, 3.63) is 125 Å². The van der Waals surface area contributed by atoms with Crippen molar-refractivity contribution in [1.82, 2.24) is 4.72 Å². The standard InChI is InChI=1S/C35H36N2O5S/c1-35(2,3)43(40)37-33(25-11-5-4-6-12-25)31-19-28-17-24(22-41-30-15-8-7-13-27(30)20-32(38)39)18-29(34(28)42-31)26-14-9-10-23(16-26)21-36/h4-19,33,37H,20-22,36H2,1-3H3,(H,38,39)/t33-,43-/m1/s1. The average Bonchev–Trinajstić information content (AvgIpc) is 3.42. The van der Waals surface area contributed by atoms with Gasteiger partial charge >= 0.3 is 5.97 Å². The number of aliphatic carboxylic acids is 1. The molecule has 4 aromatic carbocycles. The number of ether oxygens (including phenoxy) is 1. The largest absolute Gasteiger partial charge is 0.598 e. The predicted molar refractivity (Wildman–Crippen MR) is 171 cm³/mol. The van der Waals surface area contributed by atoms with E-state index < -0.39 is 28.1 Å². The molecule has 0 bridgehead atoms. The molecule has 4 N–H and O–H groups in total. The van der Waals surface area contributed by atoms with E-state index >= 15 is 0 Å². The van der Waals surface area contributed by atoms with Gasteiger partial charge in [0.2, 0.25) is 0 Å². The summed E-state index contributed by atoms with van der Waals surface area (Å²) in [5.74, 6) is 0.252. The van der Waals surface area contributed by atoms with Crippen molar-refractivity contribution in [1.29, 1.82) is 0 Å². The van der Waals surface area contributed by atoms with Gasteiger partial charge in [-0.25, -0.2) is 0 Å². The first-order valence-electron chi connectivity index (χ1n) is 14.1. The number of nitrogens with two attached hydrogens (primary N) is 1. The molecule has 0 spiro atoms. The van der Waals surface area contributed by atoms with Gasteiger partial charge in [0.05, 0.1) is 6.42 Å². The highest BCUT2D eigenvalue weighted by Gasteiger charge is 2.32. The molecule has 7 nitrogen and oxygen atoms in total. The third-order valence-corrected chi connectivity index (χ3v) is 8.64. The van der Waals surface area contributed by atoms with Crippen LogP contribution in [0.1, 0.15) is 54.8 Å². The minimum absolute atomic E-state index is 0.124. The van der Waals surface area contributed by atoms with Crippen LogP contribution in [0.25, 0.3) is 22.1 Å². The molecule has 5 aromatic rings. The van der Waals surface area contributed by atoms with E-state index in [4.69, 9.17) is 14.9 Å². The van der Waals surface area contributed by atoms with Crippen LogP contribution in [0.5, 0.6) is 5.75 Å². The first-order chi connectivity index (χ1) is 20.6. The van der Waals surface area contributed by atoms with E-state index in [0.717, 1.165) is 33.2 Å². The van der Waals surface area contributed by atoms with Crippen molar-refractivity contribution < 1.29 is 23.6 Å². The fraction of sp³-hybridized carbons (Fsp3) is 0.229. The molecule has 0 amide bonds. The minimum Gasteiger partial charge on any atom is -0.598 e. The molecule has 0 saturated heterocycles. The van der Waals surface area contributed by atoms with E-state index in [0.29, 0.717) is 29.2 Å². The average molecular weight is 597 g/mol. The molecule has 0 radical (unpaired) electrons. The Morgan fingerprint density at radius 1 is 0.977 bits per heavy atom. The number of carbonyl (C=O) groups is 1. The molecule has 1 heterocycles. The maximum absolute atomic E-state index is 13.3. The normalized spacial score (nSPS) is 13.1. The van der Waals surface area contributed by atoms with Gasteiger partial charge in [-0.2, -0.15) is 0 Å². The zero-order valence-corrected chi connectivity index (χ0v) is 25.3. The Labute approximate surface area is 255 Å². The van der Waals surface area contributed by atoms with Crippen LogP contribution in [0.15, 0.2) is 101 Å². The summed E-state index contributed by atoms with van der Waals surface area (Å²) in [7, 11) is 0. The number of carboxylic acid groups (broad SMARTS) is 1. The first kappa shape index (κ1) is 30.4. The molecule has 1 aromatic heterocycles. The van der Waals surface area contributed by atoms with Gasteiger partial charge in [-0.3, -0.25) is 4.79 Å². The Kier molecular flexibility index (Phi) is 9.22. The summed E-state index contributed by atoms with van der Waals surface area (Å²) >= 11 is -1.36. The fourth-order valence-corrected chi connectivity index (χ4v) is 5.70. The van der Waals surface area contributed by atoms with Gasteiger partial charge in [-0.1, -0.05) is 66.7 Å². The second-order valence-corrected chi connectivity index (χ2v) is 13.4. The number of fused-ring (bicyclic) bond motifs is 1. The zero-order chi connectivity index (χ0) is 30.6. The molecule has 8 heteroatoms. The topological polar surface area (TPSA) is 121 Å². The van der Waals surface area contributed by atoms with Crippen molar-refractivity contribution >= 4 is 28.3 Å². The zero-order valence-electron chi connectivity index (χ0n) is 24.5. The summed E-state index contributed by atoms with van der Waals surface area (Å²) in [6.07, 6.45) is -0.124. The molecule has 0 aliphatic rings. The summed E-state index contributed by atoms with van der Waals surface area (Å²) in [6, 6.07) is 30.6. The summed E-state index contributed by atoms with van der Waals surface area (Å²) in [4.78, 5) is 11.4. The van der Waals surface area contributed by atoms with Gasteiger partial charge in [-0.15, -0.1) is 4.72 Å². The molecule has 0 aliphatic heterocycles. The van der Waals surface area contributed by atoms with Crippen molar-refractivity contribution in [2.24, 2.45) is 5.73 Å². The van der Waals surface area contributed by atoms with Crippen LogP contribution >= 0.6 is 0 Å². The van der Waals surface area contributed by atoms with Gasteiger partial charge in [0.15, 0.2) is 0 Å². The summed E-state index contributed by atoms with van der Waals surface area (Å²) in [5.41, 5.74) is 11.9. The summed E-state index contributed by atoms with van der Waals surface area (Å²) in [6.45, 7) is 6.42. The maximum atomic E-state index is 13.3. The predicted octanol–water partition coefficient (Wildman–Crippen LogP) is 6.91. The summed E-state index contributed by atoms with van der Waals surface area (Å²) in [5, 5.41) is 10.2. The number of hydrogen-bond acceptors (Lipinski definition) is 6. The lowest BCUT2D eigenvalue weighted by molar-refractivity contribution is -0.136. The number of para-hydroxylation sites is 1. The van der Waals surface area contributed by atoms with E-state index in [9.17, 15) is 14.5 Å². The van der Waals surface area contributed by atoms with Crippen LogP contribution in [-0.2, 0) is 35.7 Å². The molecular formula is C35H36N2O5S. The van der Waals surface area contributed by atoms with Crippen LogP contribution in [0, 0.1) is 0 Å². The van der Waals surface area contributed by atoms with Crippen LogP contribution in [0.3, 0.4) is 0 Å². The molecule has 5 rings (SSSR count). The Morgan fingerprint density at radius 3 is 2.44 bits per heavy atom. The van der Waals surface area contributed by atoms with E-state index in [1.807, 2.05) is 99.6 Å². The van der Waals surface area contributed by atoms with Crippen molar-refractivity contribution in [3.8, 4) is 16.9 Å². The highest BCUT2D eigenvalue weighted by atomic mass is 32.2. The van der Waals surface area contributed by atoms with Gasteiger partial charge in [0, 0.05) is 34.4 Å². The van der Waals surface area contributed by atoms with E-state index in [-0.39, 0.29) is 13.0 Å². The summed E-state index contributed by atoms with van der Waals surface area (Å²) < 4.78 is 28.8. The molecule has 43 heavy (non-hydrogen) atoms. The van der Waals surface area contributed by atoms with Gasteiger partial charge in [0.25, 0.3) is 0 Å². The Morgan fingerprint density at radius 2 is 1.72 bits per heavy atom. The van der Waals surface area contributed by atoms with Crippen LogP contribution < -0.4 is 15.2 Å². The number of carboxylic acids is 1. The van der Waals surface area contributed by atoms with Crippen molar-refractivity contribution in [2.75, 3.05) is 0 Å². The molecule has 2 atom stereocenters. The number of benzene rings is 4. The van der Waals surface area contributed by atoms with Crippen LogP contribution in [0.2, 0.25) is 0 Å². The third kappa shape index (κ3) is 7.29. The van der Waals surface area contributed by atoms with Crippen LogP contribution in [-0.4, -0.2) is 20.4 Å². The Hall–Kier alpha value is -4.08. The highest BCUT2D eigenvalue weighted by molar-refractivity contribution is 7.90. The maximum Gasteiger partial charge on any atom is 0.307 e. The van der Waals surface area contributed by atoms with E-state index in [1.165, 1.54) is 0 Å². The molecule has 222 valence electrons. The lowest BCUT2D eigenvalue weighted by Gasteiger charge is -2.27. The first-order valence-corrected chi connectivity index (χ1v) is 15.3. The van der Waals surface area contributed by atoms with Crippen LogP contribution in [0.4, 0.5) is 0 Å². The monoisotopic (exact) mass is 596 g/mol. The lowest BCUT2D eigenvalue weighted by atomic mass is 9.98. The molecule has 0 saturated carbocycles. The van der Waals surface area contributed by atoms with Gasteiger partial charge in [0.1, 0.15) is 34.5 Å². The Bertz CT molecular complexity index is 1710. The molecule has 0 unspecified atom stereocenters. The van der Waals surface area contributed by atoms with Crippen molar-refractivity contribution in [2.45, 2.75) is 51.1 Å². The molecule has 0 aliphatic carbocycles. The number of furan rings is 1. The third-order valence-electron chi connectivity index (χ3n) is 7.08. The SMILES string of the molecule is CC(C)(C)[S@@+]([O-])N[C@H](c1ccccc1)c1cc2cc(COc3ccccc3CC(=O)O)cc(-c3cccc(CN)c3)c2o1. The second kappa shape index (κ2) is 13.1. The van der Waals surface area contributed by atoms with Crippen molar-refractivity contribution in [3.63, 3.8) is 0 Å². The number of nitrogens with one attached hydrogen (secondary N) is 1. The van der Waals surface area contributed by atoms with E-state index in [1.54, 1.807) is 18.2 Å². The molecular weight excluding hydrogens is 560 g/mol. The van der Waals surface area contributed by atoms with Gasteiger partial charge < -0.3 is 24.5 Å². The smallest absolute Gasteiger partial charge is 0.307 e. The highest BCUT2D eigenvalue weighted by Crippen LogP contribution is 2.37. The molecule has 0 fully saturated rings. The second-order valence-electron chi connectivity index (χ2n) is 11.4. The number of hydrogen-bond donors (Lipinski definition) is 3.